The molecule has 0 bridgehead atoms. The first-order valence-corrected chi connectivity index (χ1v) is 11.3. The molecule has 1 heterocycles. The molecule has 0 saturated heterocycles. The van der Waals surface area contributed by atoms with Crippen molar-refractivity contribution >= 4 is 5.97 Å². The summed E-state index contributed by atoms with van der Waals surface area (Å²) < 4.78 is 22.3. The van der Waals surface area contributed by atoms with Crippen LogP contribution in [0.1, 0.15) is 47.2 Å². The number of hydrogen-bond acceptors (Lipinski definition) is 7. The SMILES string of the molecule is CCCCOc1cccc(C2C(C#N)=C(N)Oc3cc(OC(=O)c4ccc(OC)cc4)ccc32)c1. The van der Waals surface area contributed by atoms with Gasteiger partial charge in [-0.05, 0) is 54.4 Å². The van der Waals surface area contributed by atoms with Crippen molar-refractivity contribution in [3.05, 3.63) is 94.9 Å². The molecule has 1 unspecified atom stereocenters. The van der Waals surface area contributed by atoms with Gasteiger partial charge >= 0.3 is 5.97 Å². The highest BCUT2D eigenvalue weighted by atomic mass is 16.5. The summed E-state index contributed by atoms with van der Waals surface area (Å²) in [5.74, 6) is 1.15. The Kier molecular flexibility index (Phi) is 7.22. The summed E-state index contributed by atoms with van der Waals surface area (Å²) in [7, 11) is 1.56. The fourth-order valence-electron chi connectivity index (χ4n) is 3.85. The molecule has 0 radical (unpaired) electrons. The van der Waals surface area contributed by atoms with Gasteiger partial charge in [-0.3, -0.25) is 0 Å². The van der Waals surface area contributed by atoms with Crippen LogP contribution in [-0.4, -0.2) is 19.7 Å². The third-order valence-electron chi connectivity index (χ3n) is 5.68. The normalized spacial score (nSPS) is 14.4. The molecule has 1 atom stereocenters. The summed E-state index contributed by atoms with van der Waals surface area (Å²) in [4.78, 5) is 12.6. The van der Waals surface area contributed by atoms with E-state index in [4.69, 9.17) is 24.7 Å². The van der Waals surface area contributed by atoms with Gasteiger partial charge in [0.2, 0.25) is 5.88 Å². The Morgan fingerprint density at radius 3 is 2.54 bits per heavy atom. The van der Waals surface area contributed by atoms with E-state index in [1.54, 1.807) is 49.6 Å². The monoisotopic (exact) mass is 470 g/mol. The molecule has 0 spiro atoms. The molecule has 3 aromatic carbocycles. The fraction of sp³-hybridized carbons (Fsp3) is 0.214. The van der Waals surface area contributed by atoms with E-state index in [0.717, 1.165) is 29.7 Å². The zero-order chi connectivity index (χ0) is 24.8. The third kappa shape index (κ3) is 5.22. The minimum Gasteiger partial charge on any atom is -0.497 e. The van der Waals surface area contributed by atoms with E-state index < -0.39 is 11.9 Å². The number of fused-ring (bicyclic) bond motifs is 1. The molecule has 3 aromatic rings. The van der Waals surface area contributed by atoms with Crippen LogP contribution in [0.3, 0.4) is 0 Å². The zero-order valence-corrected chi connectivity index (χ0v) is 19.6. The maximum atomic E-state index is 12.6. The lowest BCUT2D eigenvalue weighted by molar-refractivity contribution is 0.0734. The van der Waals surface area contributed by atoms with Gasteiger partial charge in [0.1, 0.15) is 34.6 Å². The number of carbonyl (C=O) groups excluding carboxylic acids is 1. The molecule has 7 heteroatoms. The van der Waals surface area contributed by atoms with Gasteiger partial charge in [-0.1, -0.05) is 31.5 Å². The first kappa shape index (κ1) is 23.7. The third-order valence-corrected chi connectivity index (χ3v) is 5.68. The van der Waals surface area contributed by atoms with E-state index in [-0.39, 0.29) is 5.88 Å². The molecule has 178 valence electrons. The largest absolute Gasteiger partial charge is 0.497 e. The number of carbonyl (C=O) groups is 1. The Morgan fingerprint density at radius 2 is 1.83 bits per heavy atom. The average Bonchev–Trinajstić information content (AvgIpc) is 2.88. The molecule has 0 amide bonds. The number of nitrogens with two attached hydrogens (primary N) is 1. The number of hydrogen-bond donors (Lipinski definition) is 1. The van der Waals surface area contributed by atoms with Gasteiger partial charge in [-0.2, -0.15) is 5.26 Å². The highest BCUT2D eigenvalue weighted by Crippen LogP contribution is 2.44. The van der Waals surface area contributed by atoms with Crippen LogP contribution in [0.25, 0.3) is 0 Å². The van der Waals surface area contributed by atoms with Crippen LogP contribution >= 0.6 is 0 Å². The van der Waals surface area contributed by atoms with Crippen molar-refractivity contribution in [2.75, 3.05) is 13.7 Å². The quantitative estimate of drug-likeness (QED) is 0.270. The van der Waals surface area contributed by atoms with Crippen LogP contribution < -0.4 is 24.7 Å². The summed E-state index contributed by atoms with van der Waals surface area (Å²) in [6.45, 7) is 2.73. The van der Waals surface area contributed by atoms with Crippen molar-refractivity contribution in [2.24, 2.45) is 5.73 Å². The van der Waals surface area contributed by atoms with Crippen LogP contribution in [0.15, 0.2) is 78.2 Å². The Labute approximate surface area is 204 Å². The molecule has 7 nitrogen and oxygen atoms in total. The highest BCUT2D eigenvalue weighted by Gasteiger charge is 2.31. The number of ether oxygens (including phenoxy) is 4. The summed E-state index contributed by atoms with van der Waals surface area (Å²) in [6.07, 6.45) is 1.99. The molecule has 1 aliphatic rings. The van der Waals surface area contributed by atoms with Gasteiger partial charge in [0, 0.05) is 11.6 Å². The number of rotatable bonds is 8. The predicted octanol–water partition coefficient (Wildman–Crippen LogP) is 5.31. The van der Waals surface area contributed by atoms with Gasteiger partial charge in [0.05, 0.1) is 25.2 Å². The minimum absolute atomic E-state index is 0.0148. The zero-order valence-electron chi connectivity index (χ0n) is 19.6. The molecule has 0 aliphatic carbocycles. The van der Waals surface area contributed by atoms with E-state index in [0.29, 0.717) is 35.0 Å². The van der Waals surface area contributed by atoms with Gasteiger partial charge in [0.15, 0.2) is 0 Å². The summed E-state index contributed by atoms with van der Waals surface area (Å²) in [5, 5.41) is 9.82. The Hall–Kier alpha value is -4.44. The van der Waals surface area contributed by atoms with Crippen molar-refractivity contribution < 1.29 is 23.7 Å². The standard InChI is InChI=1S/C28H26N2O5/c1-3-4-14-33-21-7-5-6-19(15-21)26-23-13-12-22(16-25(23)35-27(30)24(26)17-29)34-28(31)18-8-10-20(32-2)11-9-18/h5-13,15-16,26H,3-4,14,30H2,1-2H3. The van der Waals surface area contributed by atoms with E-state index in [1.165, 1.54) is 0 Å². The topological polar surface area (TPSA) is 104 Å². The maximum Gasteiger partial charge on any atom is 0.343 e. The summed E-state index contributed by atoms with van der Waals surface area (Å²) >= 11 is 0. The minimum atomic E-state index is -0.516. The van der Waals surface area contributed by atoms with Gasteiger partial charge in [-0.15, -0.1) is 0 Å². The van der Waals surface area contributed by atoms with Crippen molar-refractivity contribution in [1.29, 1.82) is 5.26 Å². The fourth-order valence-corrected chi connectivity index (χ4v) is 3.85. The molecule has 4 rings (SSSR count). The predicted molar refractivity (Wildman–Crippen MR) is 131 cm³/mol. The molecule has 35 heavy (non-hydrogen) atoms. The smallest absolute Gasteiger partial charge is 0.343 e. The number of methoxy groups -OCH3 is 1. The lowest BCUT2D eigenvalue weighted by Crippen LogP contribution is -2.21. The Morgan fingerprint density at radius 1 is 1.06 bits per heavy atom. The molecular weight excluding hydrogens is 444 g/mol. The average molecular weight is 471 g/mol. The van der Waals surface area contributed by atoms with E-state index in [9.17, 15) is 10.1 Å². The molecule has 0 saturated carbocycles. The Balaban J connectivity index is 1.62. The second-order valence-electron chi connectivity index (χ2n) is 8.02. The van der Waals surface area contributed by atoms with Crippen molar-refractivity contribution in [1.82, 2.24) is 0 Å². The number of nitriles is 1. The lowest BCUT2D eigenvalue weighted by atomic mass is 9.83. The number of benzene rings is 3. The Bertz CT molecular complexity index is 1290. The number of nitrogens with zero attached hydrogens (tertiary/aromatic N) is 1. The van der Waals surface area contributed by atoms with E-state index in [1.807, 2.05) is 24.3 Å². The summed E-state index contributed by atoms with van der Waals surface area (Å²) in [5.41, 5.74) is 8.41. The van der Waals surface area contributed by atoms with Gasteiger partial charge < -0.3 is 24.7 Å². The number of allylic oxidation sites excluding steroid dienone is 1. The van der Waals surface area contributed by atoms with Crippen LogP contribution in [0.2, 0.25) is 0 Å². The first-order chi connectivity index (χ1) is 17.0. The second kappa shape index (κ2) is 10.7. The van der Waals surface area contributed by atoms with Crippen LogP contribution in [0, 0.1) is 11.3 Å². The van der Waals surface area contributed by atoms with Crippen LogP contribution in [0.5, 0.6) is 23.0 Å². The number of esters is 1. The van der Waals surface area contributed by atoms with Crippen molar-refractivity contribution in [2.45, 2.75) is 25.7 Å². The van der Waals surface area contributed by atoms with Crippen LogP contribution in [0.4, 0.5) is 0 Å². The molecular formula is C28H26N2O5. The molecule has 0 aromatic heterocycles. The number of unbranched alkanes of at least 4 members (excludes halogenated alkanes) is 1. The van der Waals surface area contributed by atoms with Crippen molar-refractivity contribution in [3.8, 4) is 29.1 Å². The lowest BCUT2D eigenvalue weighted by Gasteiger charge is -2.27. The molecule has 0 fully saturated rings. The van der Waals surface area contributed by atoms with Gasteiger partial charge in [0.25, 0.3) is 0 Å². The first-order valence-electron chi connectivity index (χ1n) is 11.3. The second-order valence-corrected chi connectivity index (χ2v) is 8.02. The van der Waals surface area contributed by atoms with E-state index >= 15 is 0 Å². The summed E-state index contributed by atoms with van der Waals surface area (Å²) in [6, 6.07) is 21.5. The van der Waals surface area contributed by atoms with E-state index in [2.05, 4.69) is 13.0 Å². The van der Waals surface area contributed by atoms with Crippen LogP contribution in [-0.2, 0) is 0 Å². The highest BCUT2D eigenvalue weighted by molar-refractivity contribution is 5.91. The molecule has 1 aliphatic heterocycles. The molecule has 2 N–H and O–H groups in total. The van der Waals surface area contributed by atoms with Gasteiger partial charge in [-0.25, -0.2) is 4.79 Å². The maximum absolute atomic E-state index is 12.6. The van der Waals surface area contributed by atoms with Crippen molar-refractivity contribution in [3.63, 3.8) is 0 Å².